The normalized spacial score (nSPS) is 10.7. The van der Waals surface area contributed by atoms with Gasteiger partial charge in [-0.1, -0.05) is 30.3 Å². The number of hydrogen-bond donors (Lipinski definition) is 2. The molecule has 0 fully saturated rings. The van der Waals surface area contributed by atoms with Crippen LogP contribution in [0.3, 0.4) is 0 Å². The van der Waals surface area contributed by atoms with Crippen molar-refractivity contribution in [1.29, 1.82) is 0 Å². The highest BCUT2D eigenvalue weighted by molar-refractivity contribution is 6.06. The maximum Gasteiger partial charge on any atom is 0.185 e. The molecule has 90 valence electrons. The van der Waals surface area contributed by atoms with Gasteiger partial charge < -0.3 is 10.2 Å². The van der Waals surface area contributed by atoms with Crippen molar-refractivity contribution < 1.29 is 15.0 Å². The summed E-state index contributed by atoms with van der Waals surface area (Å²) in [7, 11) is 0. The van der Waals surface area contributed by atoms with Crippen molar-refractivity contribution in [3.05, 3.63) is 65.7 Å². The molecule has 0 saturated carbocycles. The Balaban J connectivity index is 2.21. The summed E-state index contributed by atoms with van der Waals surface area (Å²) in [6, 6.07) is 13.0. The van der Waals surface area contributed by atoms with Gasteiger partial charge in [0.15, 0.2) is 5.78 Å². The first-order chi connectivity index (χ1) is 8.66. The van der Waals surface area contributed by atoms with Crippen LogP contribution < -0.4 is 0 Å². The van der Waals surface area contributed by atoms with Crippen molar-refractivity contribution in [3.63, 3.8) is 0 Å². The van der Waals surface area contributed by atoms with E-state index in [9.17, 15) is 15.0 Å². The molecule has 0 atom stereocenters. The Labute approximate surface area is 105 Å². The molecule has 0 saturated heterocycles. The van der Waals surface area contributed by atoms with Crippen molar-refractivity contribution in [3.8, 4) is 11.5 Å². The van der Waals surface area contributed by atoms with E-state index in [1.807, 2.05) is 6.07 Å². The lowest BCUT2D eigenvalue weighted by Crippen LogP contribution is -1.92. The first-order valence-corrected chi connectivity index (χ1v) is 5.46. The van der Waals surface area contributed by atoms with E-state index in [1.54, 1.807) is 24.3 Å². The molecule has 0 bridgehead atoms. The van der Waals surface area contributed by atoms with E-state index in [1.165, 1.54) is 30.4 Å². The summed E-state index contributed by atoms with van der Waals surface area (Å²) >= 11 is 0. The van der Waals surface area contributed by atoms with E-state index in [4.69, 9.17) is 0 Å². The van der Waals surface area contributed by atoms with Crippen LogP contribution in [0.5, 0.6) is 11.5 Å². The molecule has 0 spiro atoms. The largest absolute Gasteiger partial charge is 0.508 e. The number of carbonyl (C=O) groups excluding carboxylic acids is 1. The van der Waals surface area contributed by atoms with Crippen molar-refractivity contribution in [1.82, 2.24) is 0 Å². The van der Waals surface area contributed by atoms with Crippen molar-refractivity contribution >= 4 is 11.9 Å². The Morgan fingerprint density at radius 2 is 1.72 bits per heavy atom. The van der Waals surface area contributed by atoms with E-state index in [0.29, 0.717) is 11.1 Å². The number of aromatic hydroxyl groups is 2. The van der Waals surface area contributed by atoms with Crippen LogP contribution >= 0.6 is 0 Å². The van der Waals surface area contributed by atoms with Gasteiger partial charge in [0.25, 0.3) is 0 Å². The first-order valence-electron chi connectivity index (χ1n) is 5.46. The Hall–Kier alpha value is -2.55. The van der Waals surface area contributed by atoms with Gasteiger partial charge in [0, 0.05) is 11.1 Å². The van der Waals surface area contributed by atoms with Crippen molar-refractivity contribution in [2.24, 2.45) is 0 Å². The first kappa shape index (κ1) is 11.9. The third kappa shape index (κ3) is 2.77. The molecule has 0 unspecified atom stereocenters. The Bertz CT molecular complexity index is 586. The van der Waals surface area contributed by atoms with Crippen molar-refractivity contribution in [2.75, 3.05) is 0 Å². The van der Waals surface area contributed by atoms with Gasteiger partial charge in [0.1, 0.15) is 11.5 Å². The zero-order valence-corrected chi connectivity index (χ0v) is 9.58. The summed E-state index contributed by atoms with van der Waals surface area (Å²) in [5.41, 5.74) is 0.979. The monoisotopic (exact) mass is 240 g/mol. The topological polar surface area (TPSA) is 57.5 Å². The molecule has 18 heavy (non-hydrogen) atoms. The average Bonchev–Trinajstić information content (AvgIpc) is 2.40. The van der Waals surface area contributed by atoms with Crippen LogP contribution in [0.2, 0.25) is 0 Å². The van der Waals surface area contributed by atoms with Gasteiger partial charge in [0.05, 0.1) is 0 Å². The second kappa shape index (κ2) is 5.19. The molecule has 2 aromatic carbocycles. The Kier molecular flexibility index (Phi) is 3.44. The molecule has 3 heteroatoms. The van der Waals surface area contributed by atoms with Gasteiger partial charge in [-0.25, -0.2) is 0 Å². The molecule has 2 aromatic rings. The summed E-state index contributed by atoms with van der Waals surface area (Å²) in [6.45, 7) is 0. The molecule has 0 heterocycles. The number of phenolic OH excluding ortho intramolecular Hbond substituents is 2. The highest BCUT2D eigenvalue weighted by atomic mass is 16.3. The predicted molar refractivity (Wildman–Crippen MR) is 69.6 cm³/mol. The minimum atomic E-state index is -0.154. The van der Waals surface area contributed by atoms with Crippen LogP contribution in [0, 0.1) is 0 Å². The number of rotatable bonds is 3. The number of allylic oxidation sites excluding steroid dienone is 1. The van der Waals surface area contributed by atoms with Crippen LogP contribution in [0.15, 0.2) is 54.6 Å². The van der Waals surface area contributed by atoms with Gasteiger partial charge in [-0.3, -0.25) is 4.79 Å². The second-order valence-electron chi connectivity index (χ2n) is 3.81. The molecule has 0 aliphatic carbocycles. The molecule has 3 nitrogen and oxygen atoms in total. The zero-order chi connectivity index (χ0) is 13.0. The van der Waals surface area contributed by atoms with Crippen molar-refractivity contribution in [2.45, 2.75) is 0 Å². The lowest BCUT2D eigenvalue weighted by Gasteiger charge is -1.99. The summed E-state index contributed by atoms with van der Waals surface area (Å²) in [5, 5.41) is 18.8. The van der Waals surface area contributed by atoms with Gasteiger partial charge in [-0.2, -0.15) is 0 Å². The SMILES string of the molecule is O=C(/C=C/c1cc(O)ccc1O)c1ccccc1. The van der Waals surface area contributed by atoms with E-state index < -0.39 is 0 Å². The minimum Gasteiger partial charge on any atom is -0.508 e. The minimum absolute atomic E-state index is 0.0184. The van der Waals surface area contributed by atoms with Crippen LogP contribution in [-0.2, 0) is 0 Å². The van der Waals surface area contributed by atoms with Crippen LogP contribution in [0.4, 0.5) is 0 Å². The standard InChI is InChI=1S/C15H12O3/c16-13-7-9-15(18)12(10-13)6-8-14(17)11-4-2-1-3-5-11/h1-10,16,18H/b8-6+. The molecule has 0 amide bonds. The maximum atomic E-state index is 11.8. The number of hydrogen-bond acceptors (Lipinski definition) is 3. The third-order valence-electron chi connectivity index (χ3n) is 2.48. The molecule has 2 N–H and O–H groups in total. The molecule has 0 aromatic heterocycles. The van der Waals surface area contributed by atoms with E-state index in [-0.39, 0.29) is 17.3 Å². The Morgan fingerprint density at radius 1 is 1.00 bits per heavy atom. The van der Waals surface area contributed by atoms with E-state index >= 15 is 0 Å². The zero-order valence-electron chi connectivity index (χ0n) is 9.58. The quantitative estimate of drug-likeness (QED) is 0.492. The fourth-order valence-corrected chi connectivity index (χ4v) is 1.54. The lowest BCUT2D eigenvalue weighted by atomic mass is 10.1. The van der Waals surface area contributed by atoms with Gasteiger partial charge >= 0.3 is 0 Å². The van der Waals surface area contributed by atoms with Gasteiger partial charge in [-0.05, 0) is 30.4 Å². The van der Waals surface area contributed by atoms with Gasteiger partial charge in [0.2, 0.25) is 0 Å². The Morgan fingerprint density at radius 3 is 2.44 bits per heavy atom. The van der Waals surface area contributed by atoms with Crippen LogP contribution in [0.25, 0.3) is 6.08 Å². The average molecular weight is 240 g/mol. The summed E-state index contributed by atoms with van der Waals surface area (Å²) in [5.74, 6) is -0.0946. The molecule has 0 radical (unpaired) electrons. The molecular formula is C15H12O3. The third-order valence-corrected chi connectivity index (χ3v) is 2.48. The number of benzene rings is 2. The maximum absolute atomic E-state index is 11.8. The summed E-state index contributed by atoms with van der Waals surface area (Å²) < 4.78 is 0. The predicted octanol–water partition coefficient (Wildman–Crippen LogP) is 2.99. The highest BCUT2D eigenvalue weighted by Gasteiger charge is 2.02. The fraction of sp³-hybridized carbons (Fsp3) is 0. The van der Waals surface area contributed by atoms with Gasteiger partial charge in [-0.15, -0.1) is 0 Å². The van der Waals surface area contributed by atoms with Crippen LogP contribution in [0.1, 0.15) is 15.9 Å². The molecule has 0 aliphatic heterocycles. The second-order valence-corrected chi connectivity index (χ2v) is 3.81. The summed E-state index contributed by atoms with van der Waals surface area (Å²) in [6.07, 6.45) is 2.84. The number of phenols is 2. The molecular weight excluding hydrogens is 228 g/mol. The van der Waals surface area contributed by atoms with E-state index in [2.05, 4.69) is 0 Å². The molecule has 0 aliphatic rings. The number of ketones is 1. The molecule has 2 rings (SSSR count). The van der Waals surface area contributed by atoms with Crippen LogP contribution in [-0.4, -0.2) is 16.0 Å². The number of carbonyl (C=O) groups is 1. The summed E-state index contributed by atoms with van der Waals surface area (Å²) in [4.78, 5) is 11.8. The lowest BCUT2D eigenvalue weighted by molar-refractivity contribution is 0.104. The fourth-order valence-electron chi connectivity index (χ4n) is 1.54. The van der Waals surface area contributed by atoms with E-state index in [0.717, 1.165) is 0 Å². The highest BCUT2D eigenvalue weighted by Crippen LogP contribution is 2.23. The smallest absolute Gasteiger partial charge is 0.185 e.